The summed E-state index contributed by atoms with van der Waals surface area (Å²) in [6, 6.07) is 14.7. The molecule has 0 fully saturated rings. The Labute approximate surface area is 123 Å². The summed E-state index contributed by atoms with van der Waals surface area (Å²) in [7, 11) is 0. The van der Waals surface area contributed by atoms with Gasteiger partial charge in [-0.25, -0.2) is 9.97 Å². The molecule has 2 heterocycles. The number of nitrogens with zero attached hydrogens (tertiary/aromatic N) is 3. The Morgan fingerprint density at radius 3 is 2.43 bits per heavy atom. The number of benzene rings is 2. The Morgan fingerprint density at radius 1 is 0.952 bits per heavy atom. The number of aryl methyl sites for hydroxylation is 2. The largest absolute Gasteiger partial charge is 0.324 e. The van der Waals surface area contributed by atoms with Crippen molar-refractivity contribution in [1.82, 2.24) is 14.5 Å². The maximum Gasteiger partial charge on any atom is 0.160 e. The Hall–Kier alpha value is -2.42. The normalized spacial score (nSPS) is 11.7. The zero-order valence-electron chi connectivity index (χ0n) is 12.3. The van der Waals surface area contributed by atoms with E-state index in [0.29, 0.717) is 0 Å². The molecule has 0 amide bonds. The van der Waals surface area contributed by atoms with Gasteiger partial charge in [-0.3, -0.25) is 0 Å². The van der Waals surface area contributed by atoms with Crippen LogP contribution >= 0.6 is 0 Å². The predicted molar refractivity (Wildman–Crippen MR) is 87.6 cm³/mol. The van der Waals surface area contributed by atoms with Crippen LogP contribution in [0.5, 0.6) is 0 Å². The van der Waals surface area contributed by atoms with Crippen molar-refractivity contribution in [2.24, 2.45) is 0 Å². The fraction of sp³-hybridized carbons (Fsp3) is 0.222. The summed E-state index contributed by atoms with van der Waals surface area (Å²) in [6.45, 7) is 5.24. The van der Waals surface area contributed by atoms with E-state index in [9.17, 15) is 0 Å². The molecule has 3 nitrogen and oxygen atoms in total. The molecule has 0 aliphatic carbocycles. The van der Waals surface area contributed by atoms with Crippen LogP contribution in [-0.2, 0) is 13.0 Å². The quantitative estimate of drug-likeness (QED) is 0.545. The van der Waals surface area contributed by atoms with E-state index in [1.54, 1.807) is 0 Å². The molecule has 0 radical (unpaired) electrons. The predicted octanol–water partition coefficient (Wildman–Crippen LogP) is 4.32. The zero-order valence-corrected chi connectivity index (χ0v) is 12.3. The van der Waals surface area contributed by atoms with Gasteiger partial charge in [0, 0.05) is 11.9 Å². The highest BCUT2D eigenvalue weighted by atomic mass is 15.1. The number of hydrogen-bond acceptors (Lipinski definition) is 2. The van der Waals surface area contributed by atoms with Gasteiger partial charge >= 0.3 is 0 Å². The minimum atomic E-state index is 0.901. The third kappa shape index (κ3) is 1.74. The van der Waals surface area contributed by atoms with Crippen LogP contribution in [0.1, 0.15) is 19.4 Å². The van der Waals surface area contributed by atoms with Crippen molar-refractivity contribution in [3.63, 3.8) is 0 Å². The van der Waals surface area contributed by atoms with E-state index < -0.39 is 0 Å². The third-order valence-corrected chi connectivity index (χ3v) is 4.14. The van der Waals surface area contributed by atoms with Gasteiger partial charge in [-0.1, -0.05) is 25.1 Å². The number of rotatable bonds is 2. The molecule has 0 atom stereocenters. The van der Waals surface area contributed by atoms with Crippen LogP contribution in [-0.4, -0.2) is 14.5 Å². The first-order valence-electron chi connectivity index (χ1n) is 7.49. The number of aromatic nitrogens is 3. The molecular formula is C18H17N3. The van der Waals surface area contributed by atoms with Gasteiger partial charge in [0.2, 0.25) is 0 Å². The standard InChI is InChI=1S/C18H17N3/c1-3-12-9-10-16-13(11-12)17-18(21(16)4-2)20-15-8-6-5-7-14(15)19-17/h5-11H,3-4H2,1-2H3. The molecule has 0 saturated heterocycles. The molecule has 0 aliphatic rings. The average molecular weight is 275 g/mol. The Bertz CT molecular complexity index is 966. The van der Waals surface area contributed by atoms with Crippen LogP contribution in [0.25, 0.3) is 33.1 Å². The maximum atomic E-state index is 4.87. The molecule has 21 heavy (non-hydrogen) atoms. The molecule has 3 heteroatoms. The molecule has 0 N–H and O–H groups in total. The second-order valence-electron chi connectivity index (χ2n) is 5.33. The van der Waals surface area contributed by atoms with E-state index in [0.717, 1.165) is 35.2 Å². The minimum absolute atomic E-state index is 0.901. The number of para-hydroxylation sites is 2. The summed E-state index contributed by atoms with van der Waals surface area (Å²) >= 11 is 0. The number of hydrogen-bond donors (Lipinski definition) is 0. The first kappa shape index (κ1) is 12.3. The Morgan fingerprint density at radius 2 is 1.71 bits per heavy atom. The van der Waals surface area contributed by atoms with Gasteiger partial charge in [0.25, 0.3) is 0 Å². The van der Waals surface area contributed by atoms with E-state index in [1.807, 2.05) is 24.3 Å². The highest BCUT2D eigenvalue weighted by molar-refractivity contribution is 6.06. The van der Waals surface area contributed by atoms with E-state index >= 15 is 0 Å². The van der Waals surface area contributed by atoms with Gasteiger partial charge < -0.3 is 4.57 Å². The number of fused-ring (bicyclic) bond motifs is 4. The first-order chi connectivity index (χ1) is 10.3. The van der Waals surface area contributed by atoms with Gasteiger partial charge in [-0.05, 0) is 43.2 Å². The van der Waals surface area contributed by atoms with Crippen LogP contribution in [0, 0.1) is 0 Å². The summed E-state index contributed by atoms with van der Waals surface area (Å²) in [6.07, 6.45) is 1.04. The molecule has 4 rings (SSSR count). The molecule has 0 aliphatic heterocycles. The van der Waals surface area contributed by atoms with Crippen LogP contribution in [0.2, 0.25) is 0 Å². The van der Waals surface area contributed by atoms with Crippen molar-refractivity contribution >= 4 is 33.1 Å². The smallest absolute Gasteiger partial charge is 0.160 e. The van der Waals surface area contributed by atoms with Gasteiger partial charge in [-0.15, -0.1) is 0 Å². The highest BCUT2D eigenvalue weighted by Crippen LogP contribution is 2.29. The molecule has 2 aromatic heterocycles. The Balaban J connectivity index is 2.22. The van der Waals surface area contributed by atoms with Crippen LogP contribution in [0.3, 0.4) is 0 Å². The van der Waals surface area contributed by atoms with Crippen molar-refractivity contribution in [3.8, 4) is 0 Å². The highest BCUT2D eigenvalue weighted by Gasteiger charge is 2.13. The molecule has 4 aromatic rings. The topological polar surface area (TPSA) is 30.7 Å². The summed E-state index contributed by atoms with van der Waals surface area (Å²) < 4.78 is 2.25. The second kappa shape index (κ2) is 4.55. The monoisotopic (exact) mass is 275 g/mol. The van der Waals surface area contributed by atoms with Crippen molar-refractivity contribution in [1.29, 1.82) is 0 Å². The second-order valence-corrected chi connectivity index (χ2v) is 5.33. The first-order valence-corrected chi connectivity index (χ1v) is 7.49. The average Bonchev–Trinajstić information content (AvgIpc) is 2.84. The Kier molecular flexibility index (Phi) is 2.67. The molecule has 2 aromatic carbocycles. The van der Waals surface area contributed by atoms with Crippen molar-refractivity contribution in [2.45, 2.75) is 26.8 Å². The van der Waals surface area contributed by atoms with Gasteiger partial charge in [0.1, 0.15) is 5.52 Å². The SMILES string of the molecule is CCc1ccc2c(c1)c1nc3ccccc3nc1n2CC. The van der Waals surface area contributed by atoms with E-state index in [2.05, 4.69) is 36.6 Å². The third-order valence-electron chi connectivity index (χ3n) is 4.14. The van der Waals surface area contributed by atoms with E-state index in [4.69, 9.17) is 9.97 Å². The van der Waals surface area contributed by atoms with E-state index in [-0.39, 0.29) is 0 Å². The lowest BCUT2D eigenvalue weighted by Gasteiger charge is -2.02. The van der Waals surface area contributed by atoms with Gasteiger partial charge in [0.15, 0.2) is 5.65 Å². The molecule has 104 valence electrons. The lowest BCUT2D eigenvalue weighted by molar-refractivity contribution is 0.817. The van der Waals surface area contributed by atoms with E-state index in [1.165, 1.54) is 16.5 Å². The fourth-order valence-electron chi connectivity index (χ4n) is 3.02. The van der Waals surface area contributed by atoms with Gasteiger partial charge in [0.05, 0.1) is 16.6 Å². The fourth-order valence-corrected chi connectivity index (χ4v) is 3.02. The lowest BCUT2D eigenvalue weighted by atomic mass is 10.1. The summed E-state index contributed by atoms with van der Waals surface area (Å²) in [5, 5.41) is 1.21. The maximum absolute atomic E-state index is 4.87. The molecule has 0 saturated carbocycles. The summed E-state index contributed by atoms with van der Waals surface area (Å²) in [5.74, 6) is 0. The van der Waals surface area contributed by atoms with Crippen molar-refractivity contribution < 1.29 is 0 Å². The zero-order chi connectivity index (χ0) is 14.4. The molecular weight excluding hydrogens is 258 g/mol. The minimum Gasteiger partial charge on any atom is -0.324 e. The van der Waals surface area contributed by atoms with Crippen LogP contribution < -0.4 is 0 Å². The van der Waals surface area contributed by atoms with Crippen molar-refractivity contribution in [2.75, 3.05) is 0 Å². The van der Waals surface area contributed by atoms with Crippen molar-refractivity contribution in [3.05, 3.63) is 48.0 Å². The van der Waals surface area contributed by atoms with Crippen LogP contribution in [0.15, 0.2) is 42.5 Å². The summed E-state index contributed by atoms with van der Waals surface area (Å²) in [5.41, 5.74) is 6.48. The van der Waals surface area contributed by atoms with Crippen LogP contribution in [0.4, 0.5) is 0 Å². The molecule has 0 spiro atoms. The molecule has 0 bridgehead atoms. The lowest BCUT2D eigenvalue weighted by Crippen LogP contribution is -1.96. The molecule has 0 unspecified atom stereocenters. The van der Waals surface area contributed by atoms with Gasteiger partial charge in [-0.2, -0.15) is 0 Å². The summed E-state index contributed by atoms with van der Waals surface area (Å²) in [4.78, 5) is 9.71.